The lowest BCUT2D eigenvalue weighted by Crippen LogP contribution is -1.97. The predicted octanol–water partition coefficient (Wildman–Crippen LogP) is 3.31. The first-order valence-corrected chi connectivity index (χ1v) is 6.87. The van der Waals surface area contributed by atoms with Crippen LogP contribution in [0.3, 0.4) is 0 Å². The third-order valence-corrected chi connectivity index (χ3v) is 3.33. The molecule has 2 heterocycles. The molecule has 0 radical (unpaired) electrons. The number of aromatic nitrogens is 4. The number of carbonyl (C=O) groups excluding carboxylic acids is 1. The van der Waals surface area contributed by atoms with Gasteiger partial charge in [0.1, 0.15) is 5.75 Å². The van der Waals surface area contributed by atoms with Crippen LogP contribution in [0.2, 0.25) is 0 Å². The van der Waals surface area contributed by atoms with Crippen LogP contribution in [0.25, 0.3) is 11.1 Å². The van der Waals surface area contributed by atoms with Gasteiger partial charge in [-0.2, -0.15) is 4.39 Å². The van der Waals surface area contributed by atoms with Crippen molar-refractivity contribution in [1.29, 1.82) is 0 Å². The first kappa shape index (κ1) is 14.8. The lowest BCUT2D eigenvalue weighted by molar-refractivity contribution is 0.101. The molecule has 3 rings (SSSR count). The number of H-pyrrole nitrogens is 1. The summed E-state index contributed by atoms with van der Waals surface area (Å²) in [7, 11) is 0. The Morgan fingerprint density at radius 3 is 2.78 bits per heavy atom. The Morgan fingerprint density at radius 1 is 1.26 bits per heavy atom. The van der Waals surface area contributed by atoms with Crippen molar-refractivity contribution in [1.82, 2.24) is 20.4 Å². The van der Waals surface area contributed by atoms with Crippen molar-refractivity contribution in [2.75, 3.05) is 0 Å². The highest BCUT2D eigenvalue weighted by Crippen LogP contribution is 2.30. The van der Waals surface area contributed by atoms with Crippen molar-refractivity contribution in [2.24, 2.45) is 0 Å². The summed E-state index contributed by atoms with van der Waals surface area (Å²) >= 11 is 0. The highest BCUT2D eigenvalue weighted by molar-refractivity contribution is 5.94. The molecule has 3 aromatic rings. The summed E-state index contributed by atoms with van der Waals surface area (Å²) in [5.74, 6) is -0.167. The fraction of sp³-hybridized carbons (Fsp3) is 0.125. The molecule has 0 aliphatic heterocycles. The van der Waals surface area contributed by atoms with E-state index in [9.17, 15) is 9.18 Å². The Bertz CT molecular complexity index is 876. The zero-order chi connectivity index (χ0) is 16.4. The molecule has 0 spiro atoms. The minimum Gasteiger partial charge on any atom is -0.436 e. The number of ether oxygens (including phenoxy) is 1. The normalized spacial score (nSPS) is 10.6. The van der Waals surface area contributed by atoms with Gasteiger partial charge in [0.05, 0.1) is 0 Å². The zero-order valence-electron chi connectivity index (χ0n) is 12.5. The van der Waals surface area contributed by atoms with Crippen molar-refractivity contribution in [2.45, 2.75) is 13.8 Å². The molecular formula is C16H13FN4O2. The third-order valence-electron chi connectivity index (χ3n) is 3.33. The number of aryl methyl sites for hydroxylation is 1. The van der Waals surface area contributed by atoms with Gasteiger partial charge in [-0.25, -0.2) is 4.98 Å². The molecule has 0 unspecified atom stereocenters. The number of Topliss-reactive ketones (excluding diaryl/α,β-unsaturated/α-hetero) is 1. The fourth-order valence-corrected chi connectivity index (χ4v) is 2.22. The molecule has 0 fully saturated rings. The van der Waals surface area contributed by atoms with Crippen LogP contribution < -0.4 is 4.74 Å². The summed E-state index contributed by atoms with van der Waals surface area (Å²) in [4.78, 5) is 15.1. The van der Waals surface area contributed by atoms with Gasteiger partial charge in [-0.05, 0) is 42.3 Å². The van der Waals surface area contributed by atoms with E-state index in [-0.39, 0.29) is 17.4 Å². The maximum atomic E-state index is 13.8. The average Bonchev–Trinajstić information content (AvgIpc) is 2.97. The first-order chi connectivity index (χ1) is 11.1. The summed E-state index contributed by atoms with van der Waals surface area (Å²) in [6, 6.07) is 8.49. The number of aromatic amines is 1. The van der Waals surface area contributed by atoms with Crippen LogP contribution in [0.5, 0.6) is 11.6 Å². The van der Waals surface area contributed by atoms with E-state index < -0.39 is 5.95 Å². The largest absolute Gasteiger partial charge is 0.436 e. The number of halogens is 1. The maximum Gasteiger partial charge on any atom is 0.269 e. The van der Waals surface area contributed by atoms with Crippen LogP contribution in [-0.2, 0) is 0 Å². The summed E-state index contributed by atoms with van der Waals surface area (Å²) in [6.07, 6.45) is 1.40. The molecule has 1 aromatic carbocycles. The highest BCUT2D eigenvalue weighted by atomic mass is 19.1. The molecule has 116 valence electrons. The topological polar surface area (TPSA) is 80.8 Å². The monoisotopic (exact) mass is 312 g/mol. The molecule has 6 nitrogen and oxygen atoms in total. The molecule has 2 aromatic heterocycles. The fourth-order valence-electron chi connectivity index (χ4n) is 2.22. The second-order valence-corrected chi connectivity index (χ2v) is 4.97. The molecule has 0 amide bonds. The lowest BCUT2D eigenvalue weighted by Gasteiger charge is -2.09. The van der Waals surface area contributed by atoms with Crippen molar-refractivity contribution < 1.29 is 13.9 Å². The highest BCUT2D eigenvalue weighted by Gasteiger charge is 2.15. The van der Waals surface area contributed by atoms with Crippen LogP contribution in [0.4, 0.5) is 4.39 Å². The van der Waals surface area contributed by atoms with Gasteiger partial charge in [-0.15, -0.1) is 0 Å². The molecule has 0 aliphatic rings. The molecule has 0 aliphatic carbocycles. The number of carbonyl (C=O) groups is 1. The van der Waals surface area contributed by atoms with Crippen molar-refractivity contribution in [3.8, 4) is 22.8 Å². The van der Waals surface area contributed by atoms with E-state index in [2.05, 4.69) is 20.4 Å². The smallest absolute Gasteiger partial charge is 0.269 e. The number of nitrogens with zero attached hydrogens (tertiary/aromatic N) is 3. The maximum absolute atomic E-state index is 13.8. The molecule has 7 heteroatoms. The molecule has 1 N–H and O–H groups in total. The van der Waals surface area contributed by atoms with Gasteiger partial charge in [-0.3, -0.25) is 9.89 Å². The molecular weight excluding hydrogens is 299 g/mol. The van der Waals surface area contributed by atoms with E-state index in [4.69, 9.17) is 4.74 Å². The number of ketones is 1. The third kappa shape index (κ3) is 2.94. The van der Waals surface area contributed by atoms with Crippen LogP contribution in [0.15, 0.2) is 36.5 Å². The first-order valence-electron chi connectivity index (χ1n) is 6.87. The molecule has 0 bridgehead atoms. The van der Waals surface area contributed by atoms with E-state index in [1.807, 2.05) is 6.92 Å². The van der Waals surface area contributed by atoms with E-state index in [0.717, 1.165) is 11.1 Å². The minimum atomic E-state index is -0.528. The van der Waals surface area contributed by atoms with E-state index in [1.165, 1.54) is 13.1 Å². The van der Waals surface area contributed by atoms with Gasteiger partial charge in [0.25, 0.3) is 5.88 Å². The Kier molecular flexibility index (Phi) is 3.84. The number of hydrogen-bond acceptors (Lipinski definition) is 5. The predicted molar refractivity (Wildman–Crippen MR) is 80.8 cm³/mol. The summed E-state index contributed by atoms with van der Waals surface area (Å²) < 4.78 is 19.4. The summed E-state index contributed by atoms with van der Waals surface area (Å²) in [5, 5.41) is 9.79. The van der Waals surface area contributed by atoms with Crippen molar-refractivity contribution >= 4 is 5.78 Å². The van der Waals surface area contributed by atoms with Gasteiger partial charge in [-0.1, -0.05) is 16.4 Å². The SMILES string of the molecule is CC(=O)c1[nH]nnc1Oc1ccc(-c2cccnc2F)c(C)c1. The van der Waals surface area contributed by atoms with Gasteiger partial charge in [0, 0.05) is 18.7 Å². The Hall–Kier alpha value is -3.09. The second-order valence-electron chi connectivity index (χ2n) is 4.97. The summed E-state index contributed by atoms with van der Waals surface area (Å²) in [5.41, 5.74) is 2.14. The average molecular weight is 312 g/mol. The molecule has 0 atom stereocenters. The number of pyridine rings is 1. The number of hydrogen-bond donors (Lipinski definition) is 1. The zero-order valence-corrected chi connectivity index (χ0v) is 12.5. The van der Waals surface area contributed by atoms with Crippen LogP contribution in [-0.4, -0.2) is 26.2 Å². The van der Waals surface area contributed by atoms with Crippen LogP contribution in [0.1, 0.15) is 23.0 Å². The van der Waals surface area contributed by atoms with Gasteiger partial charge in [0.2, 0.25) is 5.95 Å². The Morgan fingerprint density at radius 2 is 2.09 bits per heavy atom. The quantitative estimate of drug-likeness (QED) is 0.590. The van der Waals surface area contributed by atoms with Gasteiger partial charge >= 0.3 is 0 Å². The summed E-state index contributed by atoms with van der Waals surface area (Å²) in [6.45, 7) is 3.23. The second kappa shape index (κ2) is 5.96. The molecule has 23 heavy (non-hydrogen) atoms. The van der Waals surface area contributed by atoms with Crippen LogP contribution >= 0.6 is 0 Å². The van der Waals surface area contributed by atoms with E-state index in [0.29, 0.717) is 11.3 Å². The van der Waals surface area contributed by atoms with Gasteiger partial charge in [0.15, 0.2) is 11.5 Å². The van der Waals surface area contributed by atoms with E-state index >= 15 is 0 Å². The van der Waals surface area contributed by atoms with Crippen LogP contribution in [0, 0.1) is 12.9 Å². The van der Waals surface area contributed by atoms with Gasteiger partial charge < -0.3 is 4.74 Å². The van der Waals surface area contributed by atoms with E-state index in [1.54, 1.807) is 30.3 Å². The lowest BCUT2D eigenvalue weighted by atomic mass is 10.0. The standard InChI is InChI=1S/C16H13FN4O2/c1-9-8-11(23-16-14(10(2)22)19-21-20-16)5-6-12(9)13-4-3-7-18-15(13)17/h3-8H,1-2H3,(H,19,20,21). The molecule has 0 saturated carbocycles. The van der Waals surface area contributed by atoms with Crippen molar-refractivity contribution in [3.63, 3.8) is 0 Å². The number of rotatable bonds is 4. The molecule has 0 saturated heterocycles. The number of nitrogens with one attached hydrogen (secondary N) is 1. The Labute approximate surface area is 131 Å². The van der Waals surface area contributed by atoms with Crippen molar-refractivity contribution in [3.05, 3.63) is 53.7 Å². The minimum absolute atomic E-state index is 0.109. The number of benzene rings is 1. The Balaban J connectivity index is 1.92.